The fourth-order valence-electron chi connectivity index (χ4n) is 7.41. The number of aryl methyl sites for hydroxylation is 1. The lowest BCUT2D eigenvalue weighted by Gasteiger charge is -2.35. The summed E-state index contributed by atoms with van der Waals surface area (Å²) in [6.07, 6.45) is 12.9. The summed E-state index contributed by atoms with van der Waals surface area (Å²) in [6, 6.07) is 31.6. The minimum Gasteiger partial charge on any atom is -0.309 e. The molecule has 1 aliphatic heterocycles. The lowest BCUT2D eigenvalue weighted by Crippen LogP contribution is -2.26. The largest absolute Gasteiger partial charge is 0.309 e. The van der Waals surface area contributed by atoms with Gasteiger partial charge in [0.2, 0.25) is 0 Å². The maximum Gasteiger partial charge on any atom is 0.0578 e. The van der Waals surface area contributed by atoms with E-state index in [1.54, 1.807) is 0 Å². The number of para-hydroxylation sites is 2. The number of aromatic nitrogens is 1. The van der Waals surface area contributed by atoms with E-state index in [1.165, 1.54) is 66.8 Å². The summed E-state index contributed by atoms with van der Waals surface area (Å²) in [6.45, 7) is 4.76. The molecular weight excluding hydrogens is 458 g/mol. The van der Waals surface area contributed by atoms with Crippen molar-refractivity contribution in [2.24, 2.45) is 0 Å². The molecule has 8 rings (SSSR count). The van der Waals surface area contributed by atoms with Gasteiger partial charge in [0.25, 0.3) is 0 Å². The van der Waals surface area contributed by atoms with Crippen molar-refractivity contribution in [3.05, 3.63) is 136 Å². The van der Waals surface area contributed by atoms with E-state index >= 15 is 0 Å². The number of rotatable bonds is 2. The Hall–Kier alpha value is -4.10. The predicted molar refractivity (Wildman–Crippen MR) is 160 cm³/mol. The summed E-state index contributed by atoms with van der Waals surface area (Å²) in [4.78, 5) is 0. The molecule has 1 heteroatoms. The number of nitrogens with zero attached hydrogens (tertiary/aromatic N) is 1. The lowest BCUT2D eigenvalue weighted by atomic mass is 9.74. The van der Waals surface area contributed by atoms with Crippen LogP contribution in [0.2, 0.25) is 0 Å². The van der Waals surface area contributed by atoms with Crippen molar-refractivity contribution in [2.75, 3.05) is 0 Å². The van der Waals surface area contributed by atoms with Crippen LogP contribution < -0.4 is 0 Å². The van der Waals surface area contributed by atoms with E-state index in [1.807, 2.05) is 0 Å². The van der Waals surface area contributed by atoms with Crippen molar-refractivity contribution >= 4 is 23.1 Å². The molecule has 0 saturated heterocycles. The Kier molecular flexibility index (Phi) is 4.59. The molecule has 1 nitrogen and oxygen atoms in total. The SMILES string of the molecule is CC1(C)c2ccccc2-n2c3c(c4cccc1c42)CC(c1c(-c2ccccc2)ccc2c1C=CCC2)C=C3. The molecule has 0 spiro atoms. The van der Waals surface area contributed by atoms with E-state index in [4.69, 9.17) is 0 Å². The van der Waals surface area contributed by atoms with Crippen LogP contribution in [0, 0.1) is 0 Å². The van der Waals surface area contributed by atoms with E-state index < -0.39 is 0 Å². The van der Waals surface area contributed by atoms with Crippen molar-refractivity contribution in [1.29, 1.82) is 0 Å². The molecular formula is C37H31N. The van der Waals surface area contributed by atoms with Crippen LogP contribution >= 0.6 is 0 Å². The third-order valence-corrected chi connectivity index (χ3v) is 9.23. The van der Waals surface area contributed by atoms with Gasteiger partial charge in [0.1, 0.15) is 0 Å². The first-order valence-electron chi connectivity index (χ1n) is 14.0. The Morgan fingerprint density at radius 3 is 2.50 bits per heavy atom. The van der Waals surface area contributed by atoms with Gasteiger partial charge in [0.05, 0.1) is 11.2 Å². The van der Waals surface area contributed by atoms with Gasteiger partial charge in [0, 0.05) is 22.4 Å². The Morgan fingerprint density at radius 1 is 0.789 bits per heavy atom. The van der Waals surface area contributed by atoms with Crippen LogP contribution in [-0.2, 0) is 18.3 Å². The average molecular weight is 490 g/mol. The van der Waals surface area contributed by atoms with Gasteiger partial charge in [-0.3, -0.25) is 0 Å². The Bertz CT molecular complexity index is 1810. The number of allylic oxidation sites excluding steroid dienone is 2. The van der Waals surface area contributed by atoms with Crippen LogP contribution in [0.25, 0.3) is 39.9 Å². The molecule has 0 N–H and O–H groups in total. The first-order valence-corrected chi connectivity index (χ1v) is 14.0. The molecule has 5 aromatic rings. The van der Waals surface area contributed by atoms with Crippen LogP contribution in [0.3, 0.4) is 0 Å². The molecule has 0 bridgehead atoms. The monoisotopic (exact) mass is 489 g/mol. The van der Waals surface area contributed by atoms with E-state index in [-0.39, 0.29) is 5.41 Å². The highest BCUT2D eigenvalue weighted by Gasteiger charge is 2.37. The highest BCUT2D eigenvalue weighted by molar-refractivity contribution is 5.96. The lowest BCUT2D eigenvalue weighted by molar-refractivity contribution is 0.628. The van der Waals surface area contributed by atoms with Gasteiger partial charge in [-0.25, -0.2) is 0 Å². The Labute approximate surface area is 224 Å². The summed E-state index contributed by atoms with van der Waals surface area (Å²) in [7, 11) is 0. The quantitative estimate of drug-likeness (QED) is 0.233. The van der Waals surface area contributed by atoms with Gasteiger partial charge in [-0.2, -0.15) is 0 Å². The van der Waals surface area contributed by atoms with Crippen LogP contribution in [0.4, 0.5) is 0 Å². The maximum atomic E-state index is 2.55. The molecule has 4 aromatic carbocycles. The zero-order chi connectivity index (χ0) is 25.4. The first-order chi connectivity index (χ1) is 18.6. The molecule has 1 unspecified atom stereocenters. The zero-order valence-electron chi connectivity index (χ0n) is 22.0. The highest BCUT2D eigenvalue weighted by atomic mass is 15.0. The van der Waals surface area contributed by atoms with Gasteiger partial charge in [-0.1, -0.05) is 111 Å². The molecule has 2 aliphatic carbocycles. The summed E-state index contributed by atoms with van der Waals surface area (Å²) >= 11 is 0. The predicted octanol–water partition coefficient (Wildman–Crippen LogP) is 9.25. The number of benzene rings is 4. The van der Waals surface area contributed by atoms with Crippen LogP contribution in [0.5, 0.6) is 0 Å². The van der Waals surface area contributed by atoms with Gasteiger partial charge < -0.3 is 4.57 Å². The van der Waals surface area contributed by atoms with E-state index in [9.17, 15) is 0 Å². The molecule has 0 radical (unpaired) electrons. The number of hydrogen-bond acceptors (Lipinski definition) is 0. The minimum absolute atomic E-state index is 0.0278. The normalized spacial score (nSPS) is 18.2. The van der Waals surface area contributed by atoms with Crippen molar-refractivity contribution < 1.29 is 0 Å². The molecule has 0 amide bonds. The average Bonchev–Trinajstić information content (AvgIpc) is 3.30. The second-order valence-corrected chi connectivity index (χ2v) is 11.6. The third-order valence-electron chi connectivity index (χ3n) is 9.23. The van der Waals surface area contributed by atoms with Crippen molar-refractivity contribution in [2.45, 2.75) is 44.4 Å². The van der Waals surface area contributed by atoms with Gasteiger partial charge >= 0.3 is 0 Å². The number of hydrogen-bond donors (Lipinski definition) is 0. The van der Waals surface area contributed by atoms with Crippen molar-refractivity contribution in [3.8, 4) is 16.8 Å². The van der Waals surface area contributed by atoms with Crippen LogP contribution in [0.15, 0.2) is 97.1 Å². The molecule has 0 saturated carbocycles. The van der Waals surface area contributed by atoms with Gasteiger partial charge in [-0.15, -0.1) is 0 Å². The Morgan fingerprint density at radius 2 is 1.61 bits per heavy atom. The summed E-state index contributed by atoms with van der Waals surface area (Å²) < 4.78 is 2.55. The standard InChI is InChI=1S/C37H31N/c1-37(2)31-16-8-9-18-34(31)38-33-22-20-26(23-30(33)29-15-10-17-32(37)36(29)38)35-27-14-7-6-13-25(27)19-21-28(35)24-11-4-3-5-12-24/h3-5,7-12,14-22,26H,6,13,23H2,1-2H3. The molecule has 184 valence electrons. The van der Waals surface area contributed by atoms with E-state index in [0.717, 1.165) is 19.3 Å². The van der Waals surface area contributed by atoms with Crippen molar-refractivity contribution in [1.82, 2.24) is 4.57 Å². The van der Waals surface area contributed by atoms with Crippen molar-refractivity contribution in [3.63, 3.8) is 0 Å². The molecule has 38 heavy (non-hydrogen) atoms. The maximum absolute atomic E-state index is 2.55. The second kappa shape index (κ2) is 7.95. The smallest absolute Gasteiger partial charge is 0.0578 e. The van der Waals surface area contributed by atoms with Gasteiger partial charge in [-0.05, 0) is 75.9 Å². The highest BCUT2D eigenvalue weighted by Crippen LogP contribution is 2.49. The zero-order valence-corrected chi connectivity index (χ0v) is 22.0. The summed E-state index contributed by atoms with van der Waals surface area (Å²) in [5.41, 5.74) is 15.5. The van der Waals surface area contributed by atoms with Crippen LogP contribution in [-0.4, -0.2) is 4.57 Å². The fraction of sp³-hybridized carbons (Fsp3) is 0.189. The van der Waals surface area contributed by atoms with E-state index in [2.05, 4.69) is 128 Å². The fourth-order valence-corrected chi connectivity index (χ4v) is 7.41. The Balaban J connectivity index is 1.37. The molecule has 1 atom stereocenters. The topological polar surface area (TPSA) is 4.93 Å². The molecule has 1 aromatic heterocycles. The minimum atomic E-state index is -0.0278. The first kappa shape index (κ1) is 21.9. The van der Waals surface area contributed by atoms with Crippen LogP contribution in [0.1, 0.15) is 65.3 Å². The third kappa shape index (κ3) is 2.93. The van der Waals surface area contributed by atoms with Gasteiger partial charge in [0.15, 0.2) is 0 Å². The summed E-state index contributed by atoms with van der Waals surface area (Å²) in [5.74, 6) is 0.335. The molecule has 2 heterocycles. The number of fused-ring (bicyclic) bond motifs is 6. The van der Waals surface area contributed by atoms with E-state index in [0.29, 0.717) is 5.92 Å². The summed E-state index contributed by atoms with van der Waals surface area (Å²) in [5, 5.41) is 1.41. The molecule has 3 aliphatic rings. The second-order valence-electron chi connectivity index (χ2n) is 11.6. The molecule has 0 fully saturated rings.